The molecule has 3 heterocycles. The Kier molecular flexibility index (Phi) is 12.6. The van der Waals surface area contributed by atoms with Gasteiger partial charge in [0.05, 0.1) is 16.9 Å². The number of amides is 2. The molecule has 1 saturated carbocycles. The number of benzene rings is 2. The van der Waals surface area contributed by atoms with Crippen molar-refractivity contribution in [2.24, 2.45) is 7.05 Å². The molecule has 6 rings (SSSR count). The van der Waals surface area contributed by atoms with Crippen molar-refractivity contribution in [2.45, 2.75) is 60.3 Å². The Balaban J connectivity index is 0.000000717. The molecule has 0 saturated heterocycles. The van der Waals surface area contributed by atoms with Crippen molar-refractivity contribution in [3.8, 4) is 16.8 Å². The molecule has 1 aliphatic carbocycles. The second-order valence-corrected chi connectivity index (χ2v) is 11.4. The highest BCUT2D eigenvalue weighted by Crippen LogP contribution is 2.45. The lowest BCUT2D eigenvalue weighted by Crippen LogP contribution is -2.21. The maximum atomic E-state index is 13.4. The molecule has 10 nitrogen and oxygen atoms in total. The van der Waals surface area contributed by atoms with Crippen LogP contribution in [0.3, 0.4) is 0 Å². The van der Waals surface area contributed by atoms with E-state index in [0.717, 1.165) is 29.7 Å². The summed E-state index contributed by atoms with van der Waals surface area (Å²) in [6.07, 6.45) is 6.09. The normalized spacial score (nSPS) is 11.6. The molecular weight excluding hydrogens is 602 g/mol. The van der Waals surface area contributed by atoms with Crippen LogP contribution in [-0.2, 0) is 7.05 Å². The van der Waals surface area contributed by atoms with Gasteiger partial charge < -0.3 is 15.0 Å². The Morgan fingerprint density at radius 2 is 1.62 bits per heavy atom. The standard InChI is InChI=1S/C30H29N7O3.C4H8.C2H6.C2H4/c1-17-15-36-16-21(13-26(36)27(32-17)29(39)33-22-7-5-6-20(12-22)28(38)31-3)24-11-10-23(14-25(24)19-8-9-19)37-18(2)34-35(4)30(37)40;1-4(2)3;2*1-2/h5-7,10-16,19H,8-9H2,1-4H3,(H,31,38)(H,33,39);1H2,2-3H3;1-2H3;1-2H2. The van der Waals surface area contributed by atoms with Gasteiger partial charge in [-0.3, -0.25) is 9.59 Å². The fourth-order valence-corrected chi connectivity index (χ4v) is 5.20. The first-order valence-electron chi connectivity index (χ1n) is 16.0. The molecule has 252 valence electrons. The number of rotatable bonds is 6. The third-order valence-electron chi connectivity index (χ3n) is 7.24. The lowest BCUT2D eigenvalue weighted by atomic mass is 9.97. The van der Waals surface area contributed by atoms with E-state index in [2.05, 4.69) is 46.5 Å². The van der Waals surface area contributed by atoms with Gasteiger partial charge in [0.2, 0.25) is 0 Å². The van der Waals surface area contributed by atoms with E-state index in [0.29, 0.717) is 39.9 Å². The van der Waals surface area contributed by atoms with Crippen LogP contribution in [0, 0.1) is 13.8 Å². The van der Waals surface area contributed by atoms with E-state index in [1.807, 2.05) is 76.5 Å². The monoisotopic (exact) mass is 649 g/mol. The molecule has 0 unspecified atom stereocenters. The molecule has 0 aliphatic heterocycles. The maximum absolute atomic E-state index is 13.4. The smallest absolute Gasteiger partial charge is 0.350 e. The van der Waals surface area contributed by atoms with Crippen LogP contribution in [0.4, 0.5) is 5.69 Å². The van der Waals surface area contributed by atoms with Crippen LogP contribution in [0.15, 0.2) is 91.0 Å². The first-order valence-corrected chi connectivity index (χ1v) is 16.0. The number of hydrogen-bond acceptors (Lipinski definition) is 5. The second kappa shape index (κ2) is 16.4. The summed E-state index contributed by atoms with van der Waals surface area (Å²) < 4.78 is 4.89. The summed E-state index contributed by atoms with van der Waals surface area (Å²) in [5.41, 5.74) is 7.59. The molecular formula is C38H47N7O3. The highest BCUT2D eigenvalue weighted by Gasteiger charge is 2.28. The summed E-state index contributed by atoms with van der Waals surface area (Å²) >= 11 is 0. The van der Waals surface area contributed by atoms with Crippen LogP contribution in [-0.4, -0.2) is 42.6 Å². The first-order chi connectivity index (χ1) is 23.0. The van der Waals surface area contributed by atoms with E-state index in [1.54, 1.807) is 42.9 Å². The molecule has 5 aromatic rings. The van der Waals surface area contributed by atoms with Crippen LogP contribution < -0.4 is 16.3 Å². The highest BCUT2D eigenvalue weighted by molar-refractivity contribution is 6.08. The number of carbonyl (C=O) groups is 2. The molecule has 0 bridgehead atoms. The lowest BCUT2D eigenvalue weighted by Gasteiger charge is -2.11. The Labute approximate surface area is 282 Å². The number of aromatic nitrogens is 5. The largest absolute Gasteiger partial charge is 0.355 e. The predicted molar refractivity (Wildman–Crippen MR) is 195 cm³/mol. The topological polar surface area (TPSA) is 115 Å². The van der Waals surface area contributed by atoms with Crippen LogP contribution in [0.1, 0.15) is 84.4 Å². The minimum absolute atomic E-state index is 0.181. The number of allylic oxidation sites excluding steroid dienone is 1. The van der Waals surface area contributed by atoms with Crippen molar-refractivity contribution in [1.82, 2.24) is 29.0 Å². The molecule has 2 N–H and O–H groups in total. The number of hydrogen-bond donors (Lipinski definition) is 2. The van der Waals surface area contributed by atoms with Gasteiger partial charge in [0.15, 0.2) is 5.69 Å². The van der Waals surface area contributed by atoms with Gasteiger partial charge in [-0.1, -0.05) is 31.6 Å². The fourth-order valence-electron chi connectivity index (χ4n) is 5.20. The predicted octanol–water partition coefficient (Wildman–Crippen LogP) is 7.40. The van der Waals surface area contributed by atoms with Gasteiger partial charge in [-0.2, -0.15) is 5.10 Å². The molecule has 2 aromatic carbocycles. The Hall–Kier alpha value is -5.51. The number of nitrogens with one attached hydrogen (secondary N) is 2. The van der Waals surface area contributed by atoms with Gasteiger partial charge in [-0.05, 0) is 94.0 Å². The van der Waals surface area contributed by atoms with E-state index in [4.69, 9.17) is 0 Å². The number of aryl methyl sites for hydroxylation is 3. The fraction of sp³-hybridized carbons (Fsp3) is 0.289. The van der Waals surface area contributed by atoms with Crippen LogP contribution >= 0.6 is 0 Å². The van der Waals surface area contributed by atoms with E-state index in [9.17, 15) is 14.4 Å². The quantitative estimate of drug-likeness (QED) is 0.186. The van der Waals surface area contributed by atoms with E-state index in [-0.39, 0.29) is 17.5 Å². The summed E-state index contributed by atoms with van der Waals surface area (Å²) in [6, 6.07) is 14.8. The molecule has 1 fully saturated rings. The molecule has 0 radical (unpaired) electrons. The third kappa shape index (κ3) is 8.44. The van der Waals surface area contributed by atoms with E-state index >= 15 is 0 Å². The van der Waals surface area contributed by atoms with Crippen molar-refractivity contribution < 1.29 is 9.59 Å². The summed E-state index contributed by atoms with van der Waals surface area (Å²) in [5, 5.41) is 9.75. The summed E-state index contributed by atoms with van der Waals surface area (Å²) in [6.45, 7) is 21.2. The zero-order chi connectivity index (χ0) is 35.7. The van der Waals surface area contributed by atoms with Gasteiger partial charge in [0, 0.05) is 43.3 Å². The highest BCUT2D eigenvalue weighted by atomic mass is 16.2. The zero-order valence-electron chi connectivity index (χ0n) is 29.3. The minimum Gasteiger partial charge on any atom is -0.355 e. The average Bonchev–Trinajstić information content (AvgIpc) is 3.78. The first kappa shape index (κ1) is 37.0. The molecule has 3 aromatic heterocycles. The van der Waals surface area contributed by atoms with Gasteiger partial charge in [0.1, 0.15) is 5.82 Å². The van der Waals surface area contributed by atoms with Crippen molar-refractivity contribution in [2.75, 3.05) is 12.4 Å². The molecule has 48 heavy (non-hydrogen) atoms. The molecule has 1 aliphatic rings. The second-order valence-electron chi connectivity index (χ2n) is 11.4. The Morgan fingerprint density at radius 3 is 2.21 bits per heavy atom. The summed E-state index contributed by atoms with van der Waals surface area (Å²) in [7, 11) is 3.21. The summed E-state index contributed by atoms with van der Waals surface area (Å²) in [5.74, 6) is 0.455. The minimum atomic E-state index is -0.364. The Morgan fingerprint density at radius 1 is 0.958 bits per heavy atom. The number of carbonyl (C=O) groups excluding carboxylic acids is 2. The van der Waals surface area contributed by atoms with Gasteiger partial charge >= 0.3 is 5.69 Å². The number of fused-ring (bicyclic) bond motifs is 1. The molecule has 10 heteroatoms. The Bertz CT molecular complexity index is 1990. The van der Waals surface area contributed by atoms with Crippen LogP contribution in [0.25, 0.3) is 22.3 Å². The maximum Gasteiger partial charge on any atom is 0.350 e. The molecule has 2 amide bonds. The third-order valence-corrected chi connectivity index (χ3v) is 7.24. The van der Waals surface area contributed by atoms with Crippen molar-refractivity contribution in [1.29, 1.82) is 0 Å². The summed E-state index contributed by atoms with van der Waals surface area (Å²) in [4.78, 5) is 42.7. The average molecular weight is 650 g/mol. The van der Waals surface area contributed by atoms with Crippen LogP contribution in [0.2, 0.25) is 0 Å². The SMILES string of the molecule is C=C.C=C(C)C.CC.CNC(=O)c1cccc(NC(=O)c2nc(C)cn3cc(-c4ccc(-n5c(C)nn(C)c5=O)cc4C4CC4)cc23)c1. The zero-order valence-corrected chi connectivity index (χ0v) is 29.3. The number of anilines is 1. The van der Waals surface area contributed by atoms with Crippen molar-refractivity contribution >= 4 is 23.0 Å². The lowest BCUT2D eigenvalue weighted by molar-refractivity contribution is 0.0961. The molecule has 0 atom stereocenters. The van der Waals surface area contributed by atoms with E-state index in [1.165, 1.54) is 15.8 Å². The number of nitrogens with zero attached hydrogens (tertiary/aromatic N) is 5. The van der Waals surface area contributed by atoms with Crippen LogP contribution in [0.5, 0.6) is 0 Å². The van der Waals surface area contributed by atoms with Gasteiger partial charge in [-0.25, -0.2) is 19.0 Å². The van der Waals surface area contributed by atoms with Gasteiger partial charge in [0.25, 0.3) is 11.8 Å². The molecule has 0 spiro atoms. The van der Waals surface area contributed by atoms with E-state index < -0.39 is 0 Å². The van der Waals surface area contributed by atoms with Crippen molar-refractivity contribution in [3.63, 3.8) is 0 Å². The van der Waals surface area contributed by atoms with Crippen molar-refractivity contribution in [3.05, 3.63) is 125 Å². The van der Waals surface area contributed by atoms with Gasteiger partial charge in [-0.15, -0.1) is 19.7 Å².